The highest BCUT2D eigenvalue weighted by Gasteiger charge is 2.14. The lowest BCUT2D eigenvalue weighted by molar-refractivity contribution is -0.135. The van der Waals surface area contributed by atoms with Gasteiger partial charge in [-0.2, -0.15) is 0 Å². The molecule has 80 valence electrons. The van der Waals surface area contributed by atoms with Crippen molar-refractivity contribution in [2.75, 3.05) is 6.07 Å². The largest absolute Gasteiger partial charge is 0.477 e. The summed E-state index contributed by atoms with van der Waals surface area (Å²) in [7, 11) is 0. The van der Waals surface area contributed by atoms with Gasteiger partial charge in [0.25, 0.3) is 0 Å². The molecule has 1 rings (SSSR count). The molecular weight excluding hydrogens is 220 g/mol. The van der Waals surface area contributed by atoms with Gasteiger partial charge in [-0.15, -0.1) is 0 Å². The van der Waals surface area contributed by atoms with Gasteiger partial charge in [0.15, 0.2) is 6.07 Å². The van der Waals surface area contributed by atoms with E-state index in [9.17, 15) is 9.59 Å². The molecule has 0 spiro atoms. The second-order valence-corrected chi connectivity index (χ2v) is 2.85. The standard InChI is InChI=1S/C10H9ClO4/c1-7(12)15-10(13)8-4-2-3-5-9(8)14-6-11/h2-5H,6H2,1H3. The number of benzene rings is 1. The number of rotatable bonds is 3. The predicted octanol–water partition coefficient (Wildman–Crippen LogP) is 1.97. The Morgan fingerprint density at radius 1 is 1.33 bits per heavy atom. The van der Waals surface area contributed by atoms with Crippen LogP contribution in [0.1, 0.15) is 17.3 Å². The number of para-hydroxylation sites is 1. The van der Waals surface area contributed by atoms with Crippen LogP contribution in [0.3, 0.4) is 0 Å². The van der Waals surface area contributed by atoms with Gasteiger partial charge >= 0.3 is 11.9 Å². The summed E-state index contributed by atoms with van der Waals surface area (Å²) in [6, 6.07) is 6.31. The van der Waals surface area contributed by atoms with Gasteiger partial charge in [-0.1, -0.05) is 23.7 Å². The molecule has 1 aromatic rings. The van der Waals surface area contributed by atoms with E-state index in [2.05, 4.69) is 4.74 Å². The molecule has 1 aromatic carbocycles. The van der Waals surface area contributed by atoms with E-state index in [1.807, 2.05) is 0 Å². The summed E-state index contributed by atoms with van der Waals surface area (Å²) in [6.07, 6.45) is 0. The normalized spacial score (nSPS) is 9.47. The fraction of sp³-hybridized carbons (Fsp3) is 0.200. The molecule has 0 aliphatic rings. The van der Waals surface area contributed by atoms with Crippen molar-refractivity contribution in [2.45, 2.75) is 6.92 Å². The average Bonchev–Trinajstić information content (AvgIpc) is 2.18. The minimum atomic E-state index is -0.747. The number of halogens is 1. The number of alkyl halides is 1. The van der Waals surface area contributed by atoms with Crippen LogP contribution >= 0.6 is 11.6 Å². The molecule has 0 radical (unpaired) electrons. The molecule has 4 nitrogen and oxygen atoms in total. The molecule has 0 fully saturated rings. The molecule has 0 saturated carbocycles. The van der Waals surface area contributed by atoms with Crippen LogP contribution in [0.5, 0.6) is 5.75 Å². The number of esters is 2. The van der Waals surface area contributed by atoms with Crippen molar-refractivity contribution in [2.24, 2.45) is 0 Å². The van der Waals surface area contributed by atoms with E-state index in [1.54, 1.807) is 18.2 Å². The first kappa shape index (κ1) is 11.5. The fourth-order valence-corrected chi connectivity index (χ4v) is 1.12. The molecule has 0 unspecified atom stereocenters. The van der Waals surface area contributed by atoms with E-state index in [0.717, 1.165) is 6.92 Å². The molecular formula is C10H9ClO4. The van der Waals surface area contributed by atoms with E-state index >= 15 is 0 Å². The zero-order chi connectivity index (χ0) is 11.3. The molecule has 0 saturated heterocycles. The number of carbonyl (C=O) groups is 2. The van der Waals surface area contributed by atoms with Gasteiger partial charge in [-0.25, -0.2) is 4.79 Å². The molecule has 15 heavy (non-hydrogen) atoms. The average molecular weight is 229 g/mol. The lowest BCUT2D eigenvalue weighted by Gasteiger charge is -2.06. The first-order valence-corrected chi connectivity index (χ1v) is 4.69. The Kier molecular flexibility index (Phi) is 4.12. The van der Waals surface area contributed by atoms with Crippen molar-refractivity contribution in [1.82, 2.24) is 0 Å². The topological polar surface area (TPSA) is 52.6 Å². The molecule has 0 bridgehead atoms. The van der Waals surface area contributed by atoms with Gasteiger partial charge in [0.1, 0.15) is 11.3 Å². The summed E-state index contributed by atoms with van der Waals surface area (Å²) in [4.78, 5) is 22.0. The van der Waals surface area contributed by atoms with E-state index in [0.29, 0.717) is 5.75 Å². The summed E-state index contributed by atoms with van der Waals surface area (Å²) in [5.41, 5.74) is 0.174. The van der Waals surface area contributed by atoms with E-state index < -0.39 is 11.9 Å². The third-order valence-corrected chi connectivity index (χ3v) is 1.66. The number of hydrogen-bond donors (Lipinski definition) is 0. The quantitative estimate of drug-likeness (QED) is 0.451. The van der Waals surface area contributed by atoms with Crippen LogP contribution in [-0.2, 0) is 9.53 Å². The fourth-order valence-electron chi connectivity index (χ4n) is 1.01. The summed E-state index contributed by atoms with van der Waals surface area (Å²) < 4.78 is 9.42. The predicted molar refractivity (Wildman–Crippen MR) is 53.9 cm³/mol. The van der Waals surface area contributed by atoms with Crippen LogP contribution in [0.4, 0.5) is 0 Å². The Morgan fingerprint density at radius 3 is 2.60 bits per heavy atom. The highest BCUT2D eigenvalue weighted by Crippen LogP contribution is 2.19. The lowest BCUT2D eigenvalue weighted by atomic mass is 10.2. The van der Waals surface area contributed by atoms with Gasteiger partial charge in [0, 0.05) is 6.92 Å². The second-order valence-electron chi connectivity index (χ2n) is 2.63. The van der Waals surface area contributed by atoms with E-state index in [1.165, 1.54) is 6.07 Å². The summed E-state index contributed by atoms with van der Waals surface area (Å²) in [5, 5.41) is 0. The summed E-state index contributed by atoms with van der Waals surface area (Å²) >= 11 is 5.38. The maximum atomic E-state index is 11.4. The second kappa shape index (κ2) is 5.36. The zero-order valence-corrected chi connectivity index (χ0v) is 8.78. The van der Waals surface area contributed by atoms with Gasteiger partial charge < -0.3 is 9.47 Å². The molecule has 0 aliphatic carbocycles. The van der Waals surface area contributed by atoms with Crippen molar-refractivity contribution >= 4 is 23.5 Å². The van der Waals surface area contributed by atoms with Crippen LogP contribution in [0.15, 0.2) is 24.3 Å². The van der Waals surface area contributed by atoms with Gasteiger partial charge in [0.2, 0.25) is 0 Å². The van der Waals surface area contributed by atoms with Crippen LogP contribution in [0, 0.1) is 0 Å². The van der Waals surface area contributed by atoms with Crippen molar-refractivity contribution in [3.05, 3.63) is 29.8 Å². The number of carbonyl (C=O) groups excluding carboxylic acids is 2. The molecule has 0 aromatic heterocycles. The Bertz CT molecular complexity index is 375. The summed E-state index contributed by atoms with van der Waals surface area (Å²) in [5.74, 6) is -1.12. The van der Waals surface area contributed by atoms with Crippen molar-refractivity contribution < 1.29 is 19.1 Å². The van der Waals surface area contributed by atoms with Crippen molar-refractivity contribution in [1.29, 1.82) is 0 Å². The van der Waals surface area contributed by atoms with Crippen LogP contribution < -0.4 is 4.74 Å². The van der Waals surface area contributed by atoms with Crippen molar-refractivity contribution in [3.8, 4) is 5.75 Å². The molecule has 0 amide bonds. The molecule has 5 heteroatoms. The highest BCUT2D eigenvalue weighted by atomic mass is 35.5. The van der Waals surface area contributed by atoms with E-state index in [4.69, 9.17) is 16.3 Å². The minimum absolute atomic E-state index is 0.0790. The maximum Gasteiger partial charge on any atom is 0.349 e. The lowest BCUT2D eigenvalue weighted by Crippen LogP contribution is -2.10. The van der Waals surface area contributed by atoms with Crippen LogP contribution in [0.25, 0.3) is 0 Å². The molecule has 0 N–H and O–H groups in total. The van der Waals surface area contributed by atoms with Gasteiger partial charge in [0.05, 0.1) is 0 Å². The van der Waals surface area contributed by atoms with Gasteiger partial charge in [-0.05, 0) is 12.1 Å². The van der Waals surface area contributed by atoms with Crippen LogP contribution in [-0.4, -0.2) is 18.0 Å². The third-order valence-electron chi connectivity index (χ3n) is 1.55. The summed E-state index contributed by atoms with van der Waals surface area (Å²) in [6.45, 7) is 1.16. The SMILES string of the molecule is CC(=O)OC(=O)c1ccccc1OCCl. The maximum absolute atomic E-state index is 11.4. The highest BCUT2D eigenvalue weighted by molar-refractivity contribution is 6.17. The zero-order valence-electron chi connectivity index (χ0n) is 8.03. The Labute approximate surface area is 91.7 Å². The monoisotopic (exact) mass is 228 g/mol. The Hall–Kier alpha value is -1.55. The number of ether oxygens (including phenoxy) is 2. The molecule has 0 aliphatic heterocycles. The smallest absolute Gasteiger partial charge is 0.349 e. The minimum Gasteiger partial charge on any atom is -0.477 e. The third kappa shape index (κ3) is 3.25. The number of hydrogen-bond acceptors (Lipinski definition) is 4. The van der Waals surface area contributed by atoms with Gasteiger partial charge in [-0.3, -0.25) is 4.79 Å². The molecule has 0 heterocycles. The van der Waals surface area contributed by atoms with Crippen LogP contribution in [0.2, 0.25) is 0 Å². The van der Waals surface area contributed by atoms with Crippen molar-refractivity contribution in [3.63, 3.8) is 0 Å². The molecule has 0 atom stereocenters. The van der Waals surface area contributed by atoms with E-state index in [-0.39, 0.29) is 11.6 Å². The Morgan fingerprint density at radius 2 is 2.00 bits per heavy atom. The first-order chi connectivity index (χ1) is 7.15. The first-order valence-electron chi connectivity index (χ1n) is 4.15. The Balaban J connectivity index is 2.91.